The van der Waals surface area contributed by atoms with Crippen molar-refractivity contribution in [3.8, 4) is 5.75 Å². The molecule has 0 aromatic heterocycles. The summed E-state index contributed by atoms with van der Waals surface area (Å²) in [4.78, 5) is 12.2. The van der Waals surface area contributed by atoms with E-state index in [-0.39, 0.29) is 5.78 Å². The van der Waals surface area contributed by atoms with Crippen molar-refractivity contribution < 1.29 is 9.53 Å². The Morgan fingerprint density at radius 3 is 2.42 bits per heavy atom. The van der Waals surface area contributed by atoms with E-state index in [1.807, 2.05) is 24.3 Å². The van der Waals surface area contributed by atoms with Gasteiger partial charge in [-0.3, -0.25) is 4.79 Å². The van der Waals surface area contributed by atoms with Gasteiger partial charge in [0.2, 0.25) is 0 Å². The molecule has 0 saturated heterocycles. The second-order valence-corrected chi connectivity index (χ2v) is 4.61. The molecule has 2 nitrogen and oxygen atoms in total. The molecule has 0 N–H and O–H groups in total. The van der Waals surface area contributed by atoms with E-state index in [4.69, 9.17) is 4.74 Å². The Hall–Kier alpha value is -2.09. The standard InChI is InChI=1S/C17H18O2/c1-13-7-9-14(10-8-13)11-12-16(18)15-5-3-4-6-17(15)19-2/h3-10H,11-12H2,1-2H3. The van der Waals surface area contributed by atoms with Gasteiger partial charge in [-0.25, -0.2) is 0 Å². The number of methoxy groups -OCH3 is 1. The molecular weight excluding hydrogens is 236 g/mol. The molecule has 2 aromatic rings. The Bertz CT molecular complexity index is 556. The van der Waals surface area contributed by atoms with E-state index >= 15 is 0 Å². The van der Waals surface area contributed by atoms with Crippen molar-refractivity contribution in [2.75, 3.05) is 7.11 Å². The van der Waals surface area contributed by atoms with Gasteiger partial charge in [-0.1, -0.05) is 42.0 Å². The number of aryl methyl sites for hydroxylation is 2. The van der Waals surface area contributed by atoms with Gasteiger partial charge in [0.05, 0.1) is 12.7 Å². The van der Waals surface area contributed by atoms with E-state index in [1.165, 1.54) is 11.1 Å². The van der Waals surface area contributed by atoms with Crippen LogP contribution in [0.4, 0.5) is 0 Å². The van der Waals surface area contributed by atoms with Crippen LogP contribution in [0.2, 0.25) is 0 Å². The summed E-state index contributed by atoms with van der Waals surface area (Å²) >= 11 is 0. The summed E-state index contributed by atoms with van der Waals surface area (Å²) < 4.78 is 5.21. The zero-order valence-corrected chi connectivity index (χ0v) is 11.3. The monoisotopic (exact) mass is 254 g/mol. The molecule has 98 valence electrons. The van der Waals surface area contributed by atoms with Crippen molar-refractivity contribution in [1.29, 1.82) is 0 Å². The van der Waals surface area contributed by atoms with Gasteiger partial charge in [0.1, 0.15) is 5.75 Å². The number of ether oxygens (including phenoxy) is 1. The molecule has 0 amide bonds. The lowest BCUT2D eigenvalue weighted by Gasteiger charge is -2.07. The van der Waals surface area contributed by atoms with Crippen molar-refractivity contribution in [1.82, 2.24) is 0 Å². The van der Waals surface area contributed by atoms with Crippen LogP contribution in [0.25, 0.3) is 0 Å². The summed E-state index contributed by atoms with van der Waals surface area (Å²) in [6.45, 7) is 2.06. The lowest BCUT2D eigenvalue weighted by Crippen LogP contribution is -2.03. The smallest absolute Gasteiger partial charge is 0.166 e. The first-order valence-electron chi connectivity index (χ1n) is 6.42. The first kappa shape index (κ1) is 13.3. The van der Waals surface area contributed by atoms with Gasteiger partial charge in [-0.05, 0) is 31.0 Å². The fourth-order valence-electron chi connectivity index (χ4n) is 2.02. The molecule has 2 aromatic carbocycles. The van der Waals surface area contributed by atoms with E-state index in [1.54, 1.807) is 7.11 Å². The molecule has 0 aliphatic rings. The highest BCUT2D eigenvalue weighted by molar-refractivity contribution is 5.98. The highest BCUT2D eigenvalue weighted by Crippen LogP contribution is 2.19. The fraction of sp³-hybridized carbons (Fsp3) is 0.235. The largest absolute Gasteiger partial charge is 0.496 e. The lowest BCUT2D eigenvalue weighted by molar-refractivity contribution is 0.0980. The average Bonchev–Trinajstić information content (AvgIpc) is 2.46. The van der Waals surface area contributed by atoms with Crippen LogP contribution in [0.5, 0.6) is 5.75 Å². The molecule has 2 rings (SSSR count). The summed E-state index contributed by atoms with van der Waals surface area (Å²) in [7, 11) is 1.59. The maximum atomic E-state index is 12.2. The van der Waals surface area contributed by atoms with E-state index in [2.05, 4.69) is 31.2 Å². The predicted octanol–water partition coefficient (Wildman–Crippen LogP) is 3.82. The predicted molar refractivity (Wildman–Crippen MR) is 76.8 cm³/mol. The molecule has 0 bridgehead atoms. The summed E-state index contributed by atoms with van der Waals surface area (Å²) in [6.07, 6.45) is 1.26. The van der Waals surface area contributed by atoms with Gasteiger partial charge in [-0.15, -0.1) is 0 Å². The summed E-state index contributed by atoms with van der Waals surface area (Å²) in [5.41, 5.74) is 3.09. The molecule has 0 spiro atoms. The first-order chi connectivity index (χ1) is 9.20. The van der Waals surface area contributed by atoms with Crippen LogP contribution in [0.1, 0.15) is 27.9 Å². The number of benzene rings is 2. The van der Waals surface area contributed by atoms with Gasteiger partial charge < -0.3 is 4.74 Å². The zero-order valence-electron chi connectivity index (χ0n) is 11.3. The van der Waals surface area contributed by atoms with E-state index in [0.717, 1.165) is 6.42 Å². The van der Waals surface area contributed by atoms with Gasteiger partial charge >= 0.3 is 0 Å². The fourth-order valence-corrected chi connectivity index (χ4v) is 2.02. The Morgan fingerprint density at radius 2 is 1.74 bits per heavy atom. The van der Waals surface area contributed by atoms with Crippen LogP contribution in [0.15, 0.2) is 48.5 Å². The number of hydrogen-bond acceptors (Lipinski definition) is 2. The SMILES string of the molecule is COc1ccccc1C(=O)CCc1ccc(C)cc1. The number of carbonyl (C=O) groups is 1. The van der Waals surface area contributed by atoms with Crippen molar-refractivity contribution in [2.24, 2.45) is 0 Å². The summed E-state index contributed by atoms with van der Waals surface area (Å²) in [5, 5.41) is 0. The number of carbonyl (C=O) groups excluding carboxylic acids is 1. The van der Waals surface area contributed by atoms with Gasteiger partial charge in [0, 0.05) is 6.42 Å². The number of ketones is 1. The number of para-hydroxylation sites is 1. The molecule has 0 aliphatic carbocycles. The Labute approximate surface area is 114 Å². The minimum atomic E-state index is 0.123. The molecule has 0 atom stereocenters. The molecule has 0 saturated carbocycles. The normalized spacial score (nSPS) is 10.2. The summed E-state index contributed by atoms with van der Waals surface area (Å²) in [6, 6.07) is 15.7. The summed E-state index contributed by atoms with van der Waals surface area (Å²) in [5.74, 6) is 0.773. The first-order valence-corrected chi connectivity index (χ1v) is 6.42. The Morgan fingerprint density at radius 1 is 1.05 bits per heavy atom. The Balaban J connectivity index is 2.03. The molecule has 0 aliphatic heterocycles. The van der Waals surface area contributed by atoms with E-state index < -0.39 is 0 Å². The third kappa shape index (κ3) is 3.44. The Kier molecular flexibility index (Phi) is 4.35. The topological polar surface area (TPSA) is 26.3 Å². The highest BCUT2D eigenvalue weighted by Gasteiger charge is 2.11. The van der Waals surface area contributed by atoms with Crippen molar-refractivity contribution in [2.45, 2.75) is 19.8 Å². The van der Waals surface area contributed by atoms with Crippen molar-refractivity contribution >= 4 is 5.78 Å². The third-order valence-electron chi connectivity index (χ3n) is 3.17. The molecule has 0 radical (unpaired) electrons. The lowest BCUT2D eigenvalue weighted by atomic mass is 10.0. The maximum Gasteiger partial charge on any atom is 0.166 e. The molecule has 0 unspecified atom stereocenters. The van der Waals surface area contributed by atoms with E-state index in [0.29, 0.717) is 17.7 Å². The van der Waals surface area contributed by atoms with Crippen LogP contribution in [0.3, 0.4) is 0 Å². The van der Waals surface area contributed by atoms with Gasteiger partial charge in [-0.2, -0.15) is 0 Å². The number of rotatable bonds is 5. The molecular formula is C17H18O2. The number of hydrogen-bond donors (Lipinski definition) is 0. The van der Waals surface area contributed by atoms with Crippen LogP contribution in [-0.4, -0.2) is 12.9 Å². The molecule has 0 fully saturated rings. The maximum absolute atomic E-state index is 12.2. The zero-order chi connectivity index (χ0) is 13.7. The minimum absolute atomic E-state index is 0.123. The second-order valence-electron chi connectivity index (χ2n) is 4.61. The van der Waals surface area contributed by atoms with Crippen molar-refractivity contribution in [3.63, 3.8) is 0 Å². The molecule has 2 heteroatoms. The van der Waals surface area contributed by atoms with Crippen LogP contribution in [0, 0.1) is 6.92 Å². The minimum Gasteiger partial charge on any atom is -0.496 e. The van der Waals surface area contributed by atoms with Gasteiger partial charge in [0.25, 0.3) is 0 Å². The van der Waals surface area contributed by atoms with Crippen LogP contribution < -0.4 is 4.74 Å². The van der Waals surface area contributed by atoms with Crippen LogP contribution in [-0.2, 0) is 6.42 Å². The van der Waals surface area contributed by atoms with Crippen LogP contribution >= 0.6 is 0 Å². The molecule has 0 heterocycles. The second kappa shape index (κ2) is 6.19. The third-order valence-corrected chi connectivity index (χ3v) is 3.17. The average molecular weight is 254 g/mol. The highest BCUT2D eigenvalue weighted by atomic mass is 16.5. The van der Waals surface area contributed by atoms with E-state index in [9.17, 15) is 4.79 Å². The quantitative estimate of drug-likeness (QED) is 0.758. The number of Topliss-reactive ketones (excluding diaryl/α,β-unsaturated/α-hetero) is 1. The molecule has 19 heavy (non-hydrogen) atoms. The van der Waals surface area contributed by atoms with Crippen molar-refractivity contribution in [3.05, 3.63) is 65.2 Å². The van der Waals surface area contributed by atoms with Gasteiger partial charge in [0.15, 0.2) is 5.78 Å².